The van der Waals surface area contributed by atoms with Crippen molar-refractivity contribution in [2.45, 2.75) is 43.9 Å². The van der Waals surface area contributed by atoms with Gasteiger partial charge in [0.25, 0.3) is 10.0 Å². The van der Waals surface area contributed by atoms with Crippen molar-refractivity contribution in [3.63, 3.8) is 0 Å². The number of quaternary nitrogens is 1. The molecular formula is C27H34N3O3S+. The fourth-order valence-electron chi connectivity index (χ4n) is 4.45. The zero-order chi connectivity index (χ0) is 24.0. The second-order valence-corrected chi connectivity index (χ2v) is 10.9. The van der Waals surface area contributed by atoms with E-state index in [1.165, 1.54) is 0 Å². The molecule has 180 valence electrons. The molecule has 6 nitrogen and oxygen atoms in total. The summed E-state index contributed by atoms with van der Waals surface area (Å²) in [5, 5.41) is 0. The number of benzene rings is 2. The molecule has 0 spiro atoms. The van der Waals surface area contributed by atoms with Crippen LogP contribution in [0.3, 0.4) is 0 Å². The maximum absolute atomic E-state index is 13.1. The number of aromatic nitrogens is 1. The quantitative estimate of drug-likeness (QED) is 0.322. The van der Waals surface area contributed by atoms with Gasteiger partial charge in [0.1, 0.15) is 12.3 Å². The van der Waals surface area contributed by atoms with E-state index in [0.29, 0.717) is 28.6 Å². The molecule has 1 aromatic heterocycles. The summed E-state index contributed by atoms with van der Waals surface area (Å²) in [6.45, 7) is 7.05. The second kappa shape index (κ2) is 10.7. The Morgan fingerprint density at radius 2 is 1.68 bits per heavy atom. The highest BCUT2D eigenvalue weighted by Gasteiger charge is 2.37. The first-order chi connectivity index (χ1) is 16.4. The SMILES string of the molecule is CC(C)c1ccc(S(=O)(=O)N[N+]2(CCCOc3ccc(-c4ccccn4)cc3)CCCC2)cc1. The molecule has 1 saturated heterocycles. The maximum Gasteiger partial charge on any atom is 0.282 e. The first-order valence-corrected chi connectivity index (χ1v) is 13.5. The minimum Gasteiger partial charge on any atom is -0.493 e. The predicted molar refractivity (Wildman–Crippen MR) is 135 cm³/mol. The minimum absolute atomic E-state index is 0.325. The standard InChI is InChI=1S/C27H34N3O3S/c1-22(2)23-11-15-26(16-12-23)34(31,32)29-30(18-5-6-19-30)20-7-21-33-25-13-9-24(10-14-25)27-8-3-4-17-28-27/h3-4,8-17,22,29H,5-7,18-21H2,1-2H3/q+1. The van der Waals surface area contributed by atoms with Gasteiger partial charge in [-0.2, -0.15) is 0 Å². The Labute approximate surface area is 203 Å². The maximum atomic E-state index is 13.1. The molecule has 34 heavy (non-hydrogen) atoms. The molecule has 1 aliphatic rings. The first-order valence-electron chi connectivity index (χ1n) is 12.0. The van der Waals surface area contributed by atoms with Crippen LogP contribution in [0.2, 0.25) is 0 Å². The number of pyridine rings is 1. The lowest BCUT2D eigenvalue weighted by Crippen LogP contribution is -2.58. The van der Waals surface area contributed by atoms with Crippen molar-refractivity contribution in [1.29, 1.82) is 0 Å². The molecule has 7 heteroatoms. The summed E-state index contributed by atoms with van der Waals surface area (Å²) in [6, 6.07) is 21.0. The van der Waals surface area contributed by atoms with Crippen molar-refractivity contribution in [3.05, 3.63) is 78.5 Å². The van der Waals surface area contributed by atoms with Gasteiger partial charge in [0.05, 0.1) is 30.3 Å². The highest BCUT2D eigenvalue weighted by Crippen LogP contribution is 2.23. The van der Waals surface area contributed by atoms with E-state index < -0.39 is 10.0 Å². The zero-order valence-electron chi connectivity index (χ0n) is 20.0. The summed E-state index contributed by atoms with van der Waals surface area (Å²) >= 11 is 0. The third-order valence-corrected chi connectivity index (χ3v) is 7.93. The van der Waals surface area contributed by atoms with Crippen LogP contribution in [0.1, 0.15) is 44.6 Å². The van der Waals surface area contributed by atoms with E-state index in [1.807, 2.05) is 54.6 Å². The number of ether oxygens (including phenoxy) is 1. The lowest BCUT2D eigenvalue weighted by Gasteiger charge is -2.33. The molecule has 4 rings (SSSR count). The normalized spacial score (nSPS) is 15.5. The van der Waals surface area contributed by atoms with E-state index in [-0.39, 0.29) is 0 Å². The molecule has 2 aromatic carbocycles. The van der Waals surface area contributed by atoms with Crippen molar-refractivity contribution in [2.75, 3.05) is 26.2 Å². The number of nitrogens with zero attached hydrogens (tertiary/aromatic N) is 2. The van der Waals surface area contributed by atoms with Crippen LogP contribution in [0, 0.1) is 0 Å². The fraction of sp³-hybridized carbons (Fsp3) is 0.370. The van der Waals surface area contributed by atoms with Gasteiger partial charge in [-0.3, -0.25) is 4.98 Å². The molecule has 2 heterocycles. The number of nitrogens with one attached hydrogen (secondary N) is 1. The van der Waals surface area contributed by atoms with Gasteiger partial charge in [-0.05, 0) is 60.0 Å². The van der Waals surface area contributed by atoms with Crippen LogP contribution < -0.4 is 9.57 Å². The average Bonchev–Trinajstić information content (AvgIpc) is 3.30. The van der Waals surface area contributed by atoms with Crippen LogP contribution in [0.25, 0.3) is 11.3 Å². The van der Waals surface area contributed by atoms with Gasteiger partial charge < -0.3 is 4.74 Å². The number of rotatable bonds is 10. The van der Waals surface area contributed by atoms with E-state index in [2.05, 4.69) is 23.7 Å². The third kappa shape index (κ3) is 6.03. The number of likely N-dealkylation sites (tertiary alicyclic amines) is 1. The Morgan fingerprint density at radius 3 is 2.29 bits per heavy atom. The summed E-state index contributed by atoms with van der Waals surface area (Å²) in [5.74, 6) is 1.17. The number of hydrogen-bond acceptors (Lipinski definition) is 4. The third-order valence-electron chi connectivity index (χ3n) is 6.41. The largest absolute Gasteiger partial charge is 0.493 e. The Bertz CT molecular complexity index is 1160. The summed E-state index contributed by atoms with van der Waals surface area (Å²) in [7, 11) is -3.59. The van der Waals surface area contributed by atoms with Crippen LogP contribution >= 0.6 is 0 Å². The van der Waals surface area contributed by atoms with Crippen molar-refractivity contribution in [1.82, 2.24) is 9.82 Å². The molecule has 1 aliphatic heterocycles. The lowest BCUT2D eigenvalue weighted by molar-refractivity contribution is -0.945. The number of hydrogen-bond donors (Lipinski definition) is 1. The molecule has 0 bridgehead atoms. The van der Waals surface area contributed by atoms with Gasteiger partial charge in [0.2, 0.25) is 0 Å². The van der Waals surface area contributed by atoms with Crippen LogP contribution in [-0.4, -0.2) is 44.2 Å². The van der Waals surface area contributed by atoms with Crippen molar-refractivity contribution >= 4 is 10.0 Å². The molecule has 3 aromatic rings. The Morgan fingerprint density at radius 1 is 0.971 bits per heavy atom. The molecule has 0 radical (unpaired) electrons. The van der Waals surface area contributed by atoms with Gasteiger partial charge in [-0.15, -0.1) is 0 Å². The van der Waals surface area contributed by atoms with E-state index in [1.54, 1.807) is 18.3 Å². The lowest BCUT2D eigenvalue weighted by atomic mass is 10.0. The van der Waals surface area contributed by atoms with Crippen molar-refractivity contribution in [3.8, 4) is 17.0 Å². The summed E-state index contributed by atoms with van der Waals surface area (Å²) < 4.78 is 32.6. The Balaban J connectivity index is 1.33. The molecule has 0 atom stereocenters. The van der Waals surface area contributed by atoms with Crippen molar-refractivity contribution in [2.24, 2.45) is 0 Å². The van der Waals surface area contributed by atoms with E-state index >= 15 is 0 Å². The molecule has 0 saturated carbocycles. The topological polar surface area (TPSA) is 68.3 Å². The molecule has 0 aliphatic carbocycles. The van der Waals surface area contributed by atoms with Gasteiger partial charge >= 0.3 is 0 Å². The van der Waals surface area contributed by atoms with Gasteiger partial charge in [-0.1, -0.05) is 36.9 Å². The van der Waals surface area contributed by atoms with E-state index in [0.717, 1.165) is 54.9 Å². The second-order valence-electron chi connectivity index (χ2n) is 9.28. The van der Waals surface area contributed by atoms with Gasteiger partial charge in [-0.25, -0.2) is 13.0 Å². The van der Waals surface area contributed by atoms with Crippen LogP contribution in [-0.2, 0) is 10.0 Å². The van der Waals surface area contributed by atoms with Gasteiger partial charge in [0.15, 0.2) is 0 Å². The summed E-state index contributed by atoms with van der Waals surface area (Å²) in [5.41, 5.74) is 3.11. The zero-order valence-corrected chi connectivity index (χ0v) is 20.8. The fourth-order valence-corrected chi connectivity index (χ4v) is 5.84. The molecule has 0 unspecified atom stereocenters. The average molecular weight is 481 g/mol. The first kappa shape index (κ1) is 24.4. The highest BCUT2D eigenvalue weighted by atomic mass is 32.2. The molecule has 1 N–H and O–H groups in total. The minimum atomic E-state index is -3.59. The molecule has 1 fully saturated rings. The van der Waals surface area contributed by atoms with Crippen LogP contribution in [0.4, 0.5) is 0 Å². The molecule has 0 amide bonds. The van der Waals surface area contributed by atoms with Gasteiger partial charge in [0, 0.05) is 31.0 Å². The monoisotopic (exact) mass is 480 g/mol. The molecular weight excluding hydrogens is 446 g/mol. The van der Waals surface area contributed by atoms with E-state index in [9.17, 15) is 8.42 Å². The smallest absolute Gasteiger partial charge is 0.282 e. The van der Waals surface area contributed by atoms with Crippen LogP contribution in [0.5, 0.6) is 5.75 Å². The predicted octanol–water partition coefficient (Wildman–Crippen LogP) is 5.15. The van der Waals surface area contributed by atoms with Crippen LogP contribution in [0.15, 0.2) is 77.8 Å². The van der Waals surface area contributed by atoms with Crippen molar-refractivity contribution < 1.29 is 17.7 Å². The highest BCUT2D eigenvalue weighted by molar-refractivity contribution is 7.89. The summed E-state index contributed by atoms with van der Waals surface area (Å²) in [4.78, 5) is 7.70. The Hall–Kier alpha value is -2.74. The number of sulfonamides is 1. The summed E-state index contributed by atoms with van der Waals surface area (Å²) in [6.07, 6.45) is 4.58. The van der Waals surface area contributed by atoms with E-state index in [4.69, 9.17) is 4.74 Å². The Kier molecular flexibility index (Phi) is 7.66.